The van der Waals surface area contributed by atoms with E-state index in [1.807, 2.05) is 60.7 Å². The topological polar surface area (TPSA) is 49.4 Å². The molecule has 0 heterocycles. The zero-order chi connectivity index (χ0) is 26.8. The Bertz CT molecular complexity index is 1120. The number of carbonyl (C=O) groups excluding carboxylic acids is 2. The maximum absolute atomic E-state index is 13.8. The average Bonchev–Trinajstić information content (AvgIpc) is 2.88. The normalized spacial score (nSPS) is 12.3. The fourth-order valence-electron chi connectivity index (χ4n) is 4.32. The molecule has 0 radical (unpaired) electrons. The number of aryl methyl sites for hydroxylation is 1. The molecule has 196 valence electrons. The van der Waals surface area contributed by atoms with Crippen LogP contribution >= 0.6 is 0 Å². The highest BCUT2D eigenvalue weighted by atomic mass is 16.2. The lowest BCUT2D eigenvalue weighted by molar-refractivity contribution is -0.141. The van der Waals surface area contributed by atoms with Gasteiger partial charge in [-0.3, -0.25) is 9.59 Å². The minimum Gasteiger partial charge on any atom is -0.354 e. The van der Waals surface area contributed by atoms with Crippen LogP contribution in [0, 0.1) is 5.92 Å². The van der Waals surface area contributed by atoms with Gasteiger partial charge in [0.05, 0.1) is 0 Å². The van der Waals surface area contributed by atoms with Crippen LogP contribution in [-0.4, -0.2) is 29.3 Å². The summed E-state index contributed by atoms with van der Waals surface area (Å²) in [4.78, 5) is 29.0. The molecule has 0 fully saturated rings. The first-order valence-corrected chi connectivity index (χ1v) is 13.4. The molecule has 0 saturated carbocycles. The second kappa shape index (κ2) is 13.2. The van der Waals surface area contributed by atoms with E-state index in [-0.39, 0.29) is 17.2 Å². The molecule has 1 N–H and O–H groups in total. The number of nitrogens with zero attached hydrogens (tertiary/aromatic N) is 1. The molecule has 4 heteroatoms. The molecule has 1 atom stereocenters. The molecule has 0 aromatic heterocycles. The van der Waals surface area contributed by atoms with Gasteiger partial charge in [0.1, 0.15) is 6.04 Å². The van der Waals surface area contributed by atoms with E-state index in [0.29, 0.717) is 38.3 Å². The second-order valence-corrected chi connectivity index (χ2v) is 11.3. The molecular weight excluding hydrogens is 456 g/mol. The average molecular weight is 499 g/mol. The SMILES string of the molecule is CC(C)CNC(=O)C(Cc1ccccc1)N(Cc1ccccc1)C(=O)CCc1ccc(C(C)(C)C)cc1. The van der Waals surface area contributed by atoms with Gasteiger partial charge in [-0.1, -0.05) is 120 Å². The summed E-state index contributed by atoms with van der Waals surface area (Å²) in [5.74, 6) is 0.219. The monoisotopic (exact) mass is 498 g/mol. The Hall–Kier alpha value is -3.40. The molecule has 3 aromatic rings. The van der Waals surface area contributed by atoms with E-state index >= 15 is 0 Å². The largest absolute Gasteiger partial charge is 0.354 e. The van der Waals surface area contributed by atoms with Crippen LogP contribution in [0.2, 0.25) is 0 Å². The molecule has 2 amide bonds. The van der Waals surface area contributed by atoms with Gasteiger partial charge in [0.25, 0.3) is 0 Å². The van der Waals surface area contributed by atoms with Gasteiger partial charge in [-0.2, -0.15) is 0 Å². The van der Waals surface area contributed by atoms with Crippen molar-refractivity contribution >= 4 is 11.8 Å². The van der Waals surface area contributed by atoms with Gasteiger partial charge in [0.2, 0.25) is 11.8 Å². The molecule has 0 aliphatic carbocycles. The predicted octanol–water partition coefficient (Wildman–Crippen LogP) is 6.33. The first kappa shape index (κ1) is 28.2. The summed E-state index contributed by atoms with van der Waals surface area (Å²) in [7, 11) is 0. The van der Waals surface area contributed by atoms with Gasteiger partial charge in [-0.25, -0.2) is 0 Å². The van der Waals surface area contributed by atoms with Crippen LogP contribution in [-0.2, 0) is 34.4 Å². The van der Waals surface area contributed by atoms with Crippen molar-refractivity contribution in [3.63, 3.8) is 0 Å². The van der Waals surface area contributed by atoms with Crippen molar-refractivity contribution in [3.8, 4) is 0 Å². The van der Waals surface area contributed by atoms with Crippen LogP contribution in [0.25, 0.3) is 0 Å². The van der Waals surface area contributed by atoms with Crippen molar-refractivity contribution in [1.29, 1.82) is 0 Å². The number of nitrogens with one attached hydrogen (secondary N) is 1. The highest BCUT2D eigenvalue weighted by Gasteiger charge is 2.30. The molecule has 3 aromatic carbocycles. The zero-order valence-corrected chi connectivity index (χ0v) is 23.0. The van der Waals surface area contributed by atoms with Gasteiger partial charge in [-0.05, 0) is 40.0 Å². The lowest BCUT2D eigenvalue weighted by Gasteiger charge is -2.32. The third-order valence-electron chi connectivity index (χ3n) is 6.60. The summed E-state index contributed by atoms with van der Waals surface area (Å²) >= 11 is 0. The Balaban J connectivity index is 1.85. The molecular formula is C33H42N2O2. The molecule has 3 rings (SSSR count). The Kier molecular flexibility index (Phi) is 10.1. The third-order valence-corrected chi connectivity index (χ3v) is 6.60. The van der Waals surface area contributed by atoms with Crippen LogP contribution in [0.1, 0.15) is 63.3 Å². The minimum atomic E-state index is -0.586. The summed E-state index contributed by atoms with van der Waals surface area (Å²) in [5.41, 5.74) is 4.55. The Morgan fingerprint density at radius 3 is 1.89 bits per heavy atom. The molecule has 0 aliphatic heterocycles. The lowest BCUT2D eigenvalue weighted by Crippen LogP contribution is -2.51. The smallest absolute Gasteiger partial charge is 0.243 e. The summed E-state index contributed by atoms with van der Waals surface area (Å²) in [6.45, 7) is 11.7. The van der Waals surface area contributed by atoms with Crippen LogP contribution in [0.4, 0.5) is 0 Å². The number of hydrogen-bond acceptors (Lipinski definition) is 2. The molecule has 0 bridgehead atoms. The Morgan fingerprint density at radius 2 is 1.35 bits per heavy atom. The quantitative estimate of drug-likeness (QED) is 0.336. The summed E-state index contributed by atoms with van der Waals surface area (Å²) in [5, 5.41) is 3.08. The number of benzene rings is 3. The van der Waals surface area contributed by atoms with Crippen molar-refractivity contribution in [2.24, 2.45) is 5.92 Å². The Labute approximate surface area is 223 Å². The standard InChI is InChI=1S/C33H42N2O2/c1-25(2)23-34-32(37)30(22-27-12-8-6-9-13-27)35(24-28-14-10-7-11-15-28)31(36)21-18-26-16-19-29(20-17-26)33(3,4)5/h6-17,19-20,25,30H,18,21-24H2,1-5H3,(H,34,37). The number of hydrogen-bond donors (Lipinski definition) is 1. The van der Waals surface area contributed by atoms with Crippen molar-refractivity contribution in [3.05, 3.63) is 107 Å². The fraction of sp³-hybridized carbons (Fsp3) is 0.394. The van der Waals surface area contributed by atoms with Crippen LogP contribution < -0.4 is 5.32 Å². The summed E-state index contributed by atoms with van der Waals surface area (Å²) in [6, 6.07) is 27.8. The van der Waals surface area contributed by atoms with Crippen molar-refractivity contribution in [1.82, 2.24) is 10.2 Å². The predicted molar refractivity (Wildman–Crippen MR) is 152 cm³/mol. The molecule has 0 saturated heterocycles. The van der Waals surface area contributed by atoms with E-state index in [0.717, 1.165) is 16.7 Å². The summed E-state index contributed by atoms with van der Waals surface area (Å²) < 4.78 is 0. The van der Waals surface area contributed by atoms with E-state index in [9.17, 15) is 9.59 Å². The minimum absolute atomic E-state index is 0.00983. The van der Waals surface area contributed by atoms with Crippen molar-refractivity contribution < 1.29 is 9.59 Å². The molecule has 0 aliphatic rings. The van der Waals surface area contributed by atoms with E-state index in [2.05, 4.69) is 64.2 Å². The van der Waals surface area contributed by atoms with E-state index < -0.39 is 6.04 Å². The maximum atomic E-state index is 13.8. The second-order valence-electron chi connectivity index (χ2n) is 11.3. The van der Waals surface area contributed by atoms with Gasteiger partial charge < -0.3 is 10.2 Å². The van der Waals surface area contributed by atoms with E-state index in [1.54, 1.807) is 4.90 Å². The fourth-order valence-corrected chi connectivity index (χ4v) is 4.32. The van der Waals surface area contributed by atoms with E-state index in [4.69, 9.17) is 0 Å². The molecule has 0 spiro atoms. The third kappa shape index (κ3) is 8.89. The van der Waals surface area contributed by atoms with Gasteiger partial charge in [-0.15, -0.1) is 0 Å². The lowest BCUT2D eigenvalue weighted by atomic mass is 9.86. The Morgan fingerprint density at radius 1 is 0.784 bits per heavy atom. The van der Waals surface area contributed by atoms with Crippen molar-refractivity contribution in [2.45, 2.75) is 71.9 Å². The highest BCUT2D eigenvalue weighted by molar-refractivity contribution is 5.88. The van der Waals surface area contributed by atoms with Gasteiger partial charge in [0, 0.05) is 25.9 Å². The first-order valence-electron chi connectivity index (χ1n) is 13.4. The van der Waals surface area contributed by atoms with Gasteiger partial charge in [0.15, 0.2) is 0 Å². The number of amides is 2. The zero-order valence-electron chi connectivity index (χ0n) is 23.0. The van der Waals surface area contributed by atoms with E-state index in [1.165, 1.54) is 5.56 Å². The van der Waals surface area contributed by atoms with Crippen LogP contribution in [0.5, 0.6) is 0 Å². The number of carbonyl (C=O) groups is 2. The highest BCUT2D eigenvalue weighted by Crippen LogP contribution is 2.23. The van der Waals surface area contributed by atoms with Crippen LogP contribution in [0.15, 0.2) is 84.9 Å². The molecule has 37 heavy (non-hydrogen) atoms. The molecule has 1 unspecified atom stereocenters. The maximum Gasteiger partial charge on any atom is 0.243 e. The molecule has 4 nitrogen and oxygen atoms in total. The van der Waals surface area contributed by atoms with Gasteiger partial charge >= 0.3 is 0 Å². The first-order chi connectivity index (χ1) is 17.6. The summed E-state index contributed by atoms with van der Waals surface area (Å²) in [6.07, 6.45) is 1.47. The van der Waals surface area contributed by atoms with Crippen LogP contribution in [0.3, 0.4) is 0 Å². The number of rotatable bonds is 11. The van der Waals surface area contributed by atoms with Crippen molar-refractivity contribution in [2.75, 3.05) is 6.54 Å².